The van der Waals surface area contributed by atoms with Crippen LogP contribution in [0.15, 0.2) is 67.1 Å². The third-order valence-corrected chi connectivity index (χ3v) is 7.87. The molecular formula is C31H35N9O2. The second-order valence-corrected chi connectivity index (χ2v) is 10.8. The first-order valence-electron chi connectivity index (χ1n) is 14.1. The fourth-order valence-electron chi connectivity index (χ4n) is 5.73. The van der Waals surface area contributed by atoms with E-state index < -0.39 is 0 Å². The van der Waals surface area contributed by atoms with Gasteiger partial charge in [0.1, 0.15) is 5.82 Å². The highest BCUT2D eigenvalue weighted by molar-refractivity contribution is 5.91. The number of methoxy groups -OCH3 is 1. The second kappa shape index (κ2) is 11.7. The number of hydrogen-bond donors (Lipinski definition) is 2. The third-order valence-electron chi connectivity index (χ3n) is 7.87. The van der Waals surface area contributed by atoms with Gasteiger partial charge in [-0.15, -0.1) is 0 Å². The van der Waals surface area contributed by atoms with Gasteiger partial charge in [-0.3, -0.25) is 19.9 Å². The number of nitrogens with zero attached hydrogens (tertiary/aromatic N) is 7. The van der Waals surface area contributed by atoms with Crippen LogP contribution in [0.5, 0.6) is 0 Å². The molecule has 1 aliphatic heterocycles. The smallest absolute Gasteiger partial charge is 0.320 e. The number of fused-ring (bicyclic) bond motifs is 1. The number of ether oxygens (including phenoxy) is 1. The summed E-state index contributed by atoms with van der Waals surface area (Å²) in [6.07, 6.45) is 5.42. The molecule has 0 radical (unpaired) electrons. The molecule has 216 valence electrons. The molecule has 1 aliphatic rings. The molecule has 2 atom stereocenters. The van der Waals surface area contributed by atoms with Crippen molar-refractivity contribution in [2.75, 3.05) is 38.7 Å². The number of benzene rings is 1. The lowest BCUT2D eigenvalue weighted by atomic mass is 9.94. The van der Waals surface area contributed by atoms with Crippen LogP contribution in [0.1, 0.15) is 22.7 Å². The van der Waals surface area contributed by atoms with Crippen LogP contribution in [0.2, 0.25) is 0 Å². The fourth-order valence-corrected chi connectivity index (χ4v) is 5.73. The molecule has 11 nitrogen and oxygen atoms in total. The number of carbonyl (C=O) groups excluding carboxylic acids is 1. The van der Waals surface area contributed by atoms with Gasteiger partial charge in [-0.05, 0) is 49.7 Å². The number of rotatable bonds is 8. The summed E-state index contributed by atoms with van der Waals surface area (Å²) in [6, 6.07) is 15.6. The Labute approximate surface area is 244 Å². The van der Waals surface area contributed by atoms with Crippen molar-refractivity contribution in [3.8, 4) is 16.9 Å². The number of aryl methyl sites for hydroxylation is 2. The number of amides is 2. The molecule has 0 aliphatic carbocycles. The minimum atomic E-state index is -0.281. The number of nitrogens with one attached hydrogen (secondary N) is 2. The number of aromatic nitrogens is 6. The van der Waals surface area contributed by atoms with Crippen LogP contribution in [0.3, 0.4) is 0 Å². The van der Waals surface area contributed by atoms with Gasteiger partial charge in [0.05, 0.1) is 30.2 Å². The molecule has 42 heavy (non-hydrogen) atoms. The van der Waals surface area contributed by atoms with Crippen molar-refractivity contribution in [1.29, 1.82) is 0 Å². The Hall–Kier alpha value is -4.61. The summed E-state index contributed by atoms with van der Waals surface area (Å²) >= 11 is 0. The van der Waals surface area contributed by atoms with Crippen molar-refractivity contribution >= 4 is 22.9 Å². The second-order valence-electron chi connectivity index (χ2n) is 10.8. The fraction of sp³-hybridized carbons (Fsp3) is 0.323. The Morgan fingerprint density at radius 1 is 1.07 bits per heavy atom. The summed E-state index contributed by atoms with van der Waals surface area (Å²) in [5.41, 5.74) is 6.20. The molecule has 11 heteroatoms. The van der Waals surface area contributed by atoms with Gasteiger partial charge in [0.2, 0.25) is 0 Å². The van der Waals surface area contributed by atoms with E-state index in [1.54, 1.807) is 28.9 Å². The van der Waals surface area contributed by atoms with Crippen LogP contribution in [0, 0.1) is 13.8 Å². The van der Waals surface area contributed by atoms with Crippen LogP contribution < -0.4 is 10.6 Å². The van der Waals surface area contributed by atoms with E-state index in [0.717, 1.165) is 58.9 Å². The van der Waals surface area contributed by atoms with Crippen LogP contribution in [0.4, 0.5) is 10.6 Å². The van der Waals surface area contributed by atoms with Crippen molar-refractivity contribution in [1.82, 2.24) is 39.7 Å². The summed E-state index contributed by atoms with van der Waals surface area (Å²) in [7, 11) is 3.58. The number of hydrogen-bond acceptors (Lipinski definition) is 7. The maximum atomic E-state index is 13.6. The van der Waals surface area contributed by atoms with Crippen LogP contribution >= 0.6 is 0 Å². The van der Waals surface area contributed by atoms with Crippen molar-refractivity contribution in [3.05, 3.63) is 83.9 Å². The topological polar surface area (TPSA) is 115 Å². The van der Waals surface area contributed by atoms with Gasteiger partial charge in [-0.1, -0.05) is 18.2 Å². The van der Waals surface area contributed by atoms with E-state index in [9.17, 15) is 4.79 Å². The highest BCUT2D eigenvalue weighted by atomic mass is 16.5. The molecule has 5 heterocycles. The zero-order valence-electron chi connectivity index (χ0n) is 24.3. The lowest BCUT2D eigenvalue weighted by Gasteiger charge is -2.21. The first-order chi connectivity index (χ1) is 20.4. The molecule has 6 rings (SSSR count). The first kappa shape index (κ1) is 27.6. The number of anilines is 1. The van der Waals surface area contributed by atoms with E-state index in [-0.39, 0.29) is 18.0 Å². The molecule has 1 fully saturated rings. The Balaban J connectivity index is 1.30. The van der Waals surface area contributed by atoms with Crippen molar-refractivity contribution in [3.63, 3.8) is 0 Å². The van der Waals surface area contributed by atoms with Gasteiger partial charge in [-0.2, -0.15) is 10.2 Å². The molecule has 0 spiro atoms. The molecule has 2 amide bonds. The SMILES string of the molecule is COCCN1C[C@@H](NC(=O)Nc2c(C)c(-c3cnc4c(cnn4C)c3)nn2-c2ccccc2)[C@H](c2ccnc(C)c2)C1. The monoisotopic (exact) mass is 565 g/mol. The van der Waals surface area contributed by atoms with Crippen LogP contribution in [0.25, 0.3) is 28.0 Å². The Morgan fingerprint density at radius 2 is 1.90 bits per heavy atom. The van der Waals surface area contributed by atoms with Gasteiger partial charge < -0.3 is 10.1 Å². The zero-order chi connectivity index (χ0) is 29.2. The Bertz CT molecular complexity index is 1710. The van der Waals surface area contributed by atoms with Crippen molar-refractivity contribution in [2.24, 2.45) is 7.05 Å². The van der Waals surface area contributed by atoms with Gasteiger partial charge in [-0.25, -0.2) is 14.5 Å². The minimum absolute atomic E-state index is 0.0892. The largest absolute Gasteiger partial charge is 0.383 e. The summed E-state index contributed by atoms with van der Waals surface area (Å²) in [5, 5.41) is 16.6. The summed E-state index contributed by atoms with van der Waals surface area (Å²) in [6.45, 7) is 6.95. The number of likely N-dealkylation sites (tertiary alicyclic amines) is 1. The third kappa shape index (κ3) is 5.48. The molecule has 1 saturated heterocycles. The van der Waals surface area contributed by atoms with E-state index in [4.69, 9.17) is 9.84 Å². The Morgan fingerprint density at radius 3 is 2.69 bits per heavy atom. The average Bonchev–Trinajstić information content (AvgIpc) is 3.67. The highest BCUT2D eigenvalue weighted by Crippen LogP contribution is 2.32. The number of carbonyl (C=O) groups is 1. The summed E-state index contributed by atoms with van der Waals surface area (Å²) in [4.78, 5) is 24.9. The summed E-state index contributed by atoms with van der Waals surface area (Å²) in [5.74, 6) is 0.729. The lowest BCUT2D eigenvalue weighted by molar-refractivity contribution is 0.159. The Kier molecular flexibility index (Phi) is 7.68. The maximum absolute atomic E-state index is 13.6. The standard InChI is InChI=1S/C31H35N9O2/c1-20-14-22(10-11-32-20)26-18-39(12-13-42-4)19-27(26)35-31(41)36-29-21(2)28(37-40(29)25-8-6-5-7-9-25)23-15-24-17-34-38(3)30(24)33-16-23/h5-11,14-17,26-27H,12-13,18-19H2,1-4H3,(H2,35,36,41)/t26-,27+/m0/s1. The van der Waals surface area contributed by atoms with Gasteiger partial charge >= 0.3 is 6.03 Å². The number of para-hydroxylation sites is 1. The van der Waals surface area contributed by atoms with Gasteiger partial charge in [0.25, 0.3) is 0 Å². The van der Waals surface area contributed by atoms with Crippen LogP contribution in [-0.2, 0) is 11.8 Å². The molecule has 0 unspecified atom stereocenters. The molecule has 2 N–H and O–H groups in total. The molecular weight excluding hydrogens is 530 g/mol. The van der Waals surface area contributed by atoms with Crippen molar-refractivity contribution < 1.29 is 9.53 Å². The summed E-state index contributed by atoms with van der Waals surface area (Å²) < 4.78 is 8.84. The maximum Gasteiger partial charge on any atom is 0.320 e. The molecule has 5 aromatic rings. The quantitative estimate of drug-likeness (QED) is 0.292. The van der Waals surface area contributed by atoms with Crippen LogP contribution in [-0.4, -0.2) is 79.9 Å². The molecule has 1 aromatic carbocycles. The zero-order valence-corrected chi connectivity index (χ0v) is 24.3. The highest BCUT2D eigenvalue weighted by Gasteiger charge is 2.35. The minimum Gasteiger partial charge on any atom is -0.383 e. The van der Waals surface area contributed by atoms with E-state index in [0.29, 0.717) is 12.4 Å². The normalized spacial score (nSPS) is 17.1. The lowest BCUT2D eigenvalue weighted by Crippen LogP contribution is -2.42. The number of pyridine rings is 2. The predicted molar refractivity (Wildman–Crippen MR) is 162 cm³/mol. The van der Waals surface area contributed by atoms with E-state index in [1.165, 1.54) is 5.56 Å². The average molecular weight is 566 g/mol. The van der Waals surface area contributed by atoms with E-state index in [1.807, 2.05) is 69.6 Å². The van der Waals surface area contributed by atoms with Gasteiger partial charge in [0.15, 0.2) is 5.65 Å². The first-order valence-corrected chi connectivity index (χ1v) is 14.1. The van der Waals surface area contributed by atoms with Crippen molar-refractivity contribution in [2.45, 2.75) is 25.8 Å². The molecule has 0 bridgehead atoms. The van der Waals surface area contributed by atoms with E-state index in [2.05, 4.69) is 36.7 Å². The van der Waals surface area contributed by atoms with Gasteiger partial charge in [0, 0.05) is 74.3 Å². The predicted octanol–water partition coefficient (Wildman–Crippen LogP) is 4.07. The molecule has 4 aromatic heterocycles. The van der Waals surface area contributed by atoms with E-state index >= 15 is 0 Å². The molecule has 0 saturated carbocycles. The number of urea groups is 1.